The van der Waals surface area contributed by atoms with E-state index in [1.807, 2.05) is 5.32 Å². The van der Waals surface area contributed by atoms with Gasteiger partial charge in [-0.05, 0) is 23.8 Å². The summed E-state index contributed by atoms with van der Waals surface area (Å²) in [6.45, 7) is 0. The van der Waals surface area contributed by atoms with Gasteiger partial charge in [0.1, 0.15) is 22.2 Å². The van der Waals surface area contributed by atoms with Gasteiger partial charge in [-0.1, -0.05) is 18.2 Å². The van der Waals surface area contributed by atoms with Crippen LogP contribution in [-0.2, 0) is 25.2 Å². The molecule has 33 heavy (non-hydrogen) atoms. The molecule has 0 atom stereocenters. The number of carbonyl (C=O) groups excluding carboxylic acids is 1. The Balaban J connectivity index is 1.95. The first kappa shape index (κ1) is 24.6. The summed E-state index contributed by atoms with van der Waals surface area (Å²) in [6.07, 6.45) is -9.66. The Morgan fingerprint density at radius 1 is 1.03 bits per heavy atom. The molecule has 1 amide bonds. The van der Waals surface area contributed by atoms with Gasteiger partial charge < -0.3 is 5.32 Å². The summed E-state index contributed by atoms with van der Waals surface area (Å²) in [6, 6.07) is 6.24. The maximum atomic E-state index is 13.9. The largest absolute Gasteiger partial charge is 0.436 e. The number of hydrogen-bond donors (Lipinski definition) is 1. The fourth-order valence-corrected chi connectivity index (χ4v) is 3.89. The lowest BCUT2D eigenvalue weighted by Gasteiger charge is -2.11. The summed E-state index contributed by atoms with van der Waals surface area (Å²) >= 11 is 0.647. The van der Waals surface area contributed by atoms with Crippen molar-refractivity contribution in [2.75, 3.05) is 5.32 Å². The normalized spacial score (nSPS) is 12.2. The molecule has 4 nitrogen and oxygen atoms in total. The second kappa shape index (κ2) is 9.04. The Kier molecular flexibility index (Phi) is 6.73. The van der Waals surface area contributed by atoms with Crippen molar-refractivity contribution in [1.29, 1.82) is 0 Å². The van der Waals surface area contributed by atoms with E-state index in [1.165, 1.54) is 6.07 Å². The van der Waals surface area contributed by atoms with Crippen molar-refractivity contribution in [3.63, 3.8) is 0 Å². The molecule has 0 spiro atoms. The van der Waals surface area contributed by atoms with E-state index in [1.54, 1.807) is 0 Å². The average Bonchev–Trinajstić information content (AvgIpc) is 3.05. The number of benzene rings is 2. The molecule has 0 aliphatic carbocycles. The SMILES string of the molecule is Cn1nc(C(F)(F)F)c(C(=O)Nc2ccc(F)cc2F)c1SCc1cccc(C(F)(F)F)c1. The maximum Gasteiger partial charge on any atom is 0.436 e. The van der Waals surface area contributed by atoms with Gasteiger partial charge in [0.25, 0.3) is 5.91 Å². The third-order valence-electron chi connectivity index (χ3n) is 4.30. The van der Waals surface area contributed by atoms with Crippen molar-refractivity contribution >= 4 is 23.4 Å². The second-order valence-electron chi connectivity index (χ2n) is 6.72. The van der Waals surface area contributed by atoms with Gasteiger partial charge in [-0.2, -0.15) is 31.4 Å². The molecule has 0 radical (unpaired) electrons. The van der Waals surface area contributed by atoms with E-state index < -0.39 is 52.4 Å². The molecule has 1 aromatic heterocycles. The lowest BCUT2D eigenvalue weighted by molar-refractivity contribution is -0.141. The molecule has 3 rings (SSSR count). The van der Waals surface area contributed by atoms with Gasteiger partial charge in [-0.15, -0.1) is 11.8 Å². The summed E-state index contributed by atoms with van der Waals surface area (Å²) in [7, 11) is 1.12. The summed E-state index contributed by atoms with van der Waals surface area (Å²) in [5.74, 6) is -3.75. The molecule has 0 unspecified atom stereocenters. The maximum absolute atomic E-state index is 13.9. The van der Waals surface area contributed by atoms with Crippen LogP contribution >= 0.6 is 11.8 Å². The average molecular weight is 495 g/mol. The number of aryl methyl sites for hydroxylation is 1. The number of aromatic nitrogens is 2. The lowest BCUT2D eigenvalue weighted by atomic mass is 10.1. The summed E-state index contributed by atoms with van der Waals surface area (Å²) in [4.78, 5) is 12.7. The Bertz CT molecular complexity index is 1190. The zero-order valence-corrected chi connectivity index (χ0v) is 17.3. The Morgan fingerprint density at radius 3 is 2.33 bits per heavy atom. The standard InChI is InChI=1S/C20H13F8N3OS/c1-31-18(33-9-10-3-2-4-11(7-10)19(23,24)25)15(16(30-31)20(26,27)28)17(32)29-14-6-5-12(21)8-13(14)22/h2-8H,9H2,1H3,(H,29,32). The molecule has 0 aliphatic heterocycles. The minimum atomic E-state index is -5.05. The van der Waals surface area contributed by atoms with E-state index >= 15 is 0 Å². The van der Waals surface area contributed by atoms with Gasteiger partial charge >= 0.3 is 12.4 Å². The number of amides is 1. The number of hydrogen-bond acceptors (Lipinski definition) is 3. The number of halogens is 8. The van der Waals surface area contributed by atoms with Crippen molar-refractivity contribution in [3.05, 3.63) is 76.5 Å². The number of carbonyl (C=O) groups is 1. The first-order valence-electron chi connectivity index (χ1n) is 8.97. The van der Waals surface area contributed by atoms with Crippen LogP contribution in [0.25, 0.3) is 0 Å². The number of nitrogens with one attached hydrogen (secondary N) is 1. The first-order valence-corrected chi connectivity index (χ1v) is 9.95. The Morgan fingerprint density at radius 2 is 1.73 bits per heavy atom. The molecule has 0 saturated carbocycles. The zero-order valence-electron chi connectivity index (χ0n) is 16.5. The van der Waals surface area contributed by atoms with E-state index in [0.29, 0.717) is 17.8 Å². The summed E-state index contributed by atoms with van der Waals surface area (Å²) in [5, 5.41) is 4.97. The van der Waals surface area contributed by atoms with Crippen LogP contribution in [0.5, 0.6) is 0 Å². The smallest absolute Gasteiger partial charge is 0.319 e. The van der Waals surface area contributed by atoms with E-state index in [-0.39, 0.29) is 16.3 Å². The topological polar surface area (TPSA) is 46.9 Å². The second-order valence-corrected chi connectivity index (χ2v) is 7.68. The fourth-order valence-electron chi connectivity index (χ4n) is 2.84. The predicted molar refractivity (Wildman–Crippen MR) is 104 cm³/mol. The van der Waals surface area contributed by atoms with E-state index in [0.717, 1.165) is 42.1 Å². The highest BCUT2D eigenvalue weighted by atomic mass is 32.2. The number of nitrogens with zero attached hydrogens (tertiary/aromatic N) is 2. The monoisotopic (exact) mass is 495 g/mol. The lowest BCUT2D eigenvalue weighted by Crippen LogP contribution is -2.19. The Hall–Kier alpha value is -3.09. The molecule has 0 aliphatic rings. The molecule has 0 fully saturated rings. The van der Waals surface area contributed by atoms with Gasteiger partial charge in [0.15, 0.2) is 5.69 Å². The molecular weight excluding hydrogens is 482 g/mol. The number of thioether (sulfide) groups is 1. The summed E-state index contributed by atoms with van der Waals surface area (Å²) < 4.78 is 107. The molecule has 13 heteroatoms. The van der Waals surface area contributed by atoms with Crippen LogP contribution in [-0.4, -0.2) is 15.7 Å². The summed E-state index contributed by atoms with van der Waals surface area (Å²) in [5.41, 5.74) is -3.86. The highest BCUT2D eigenvalue weighted by Gasteiger charge is 2.41. The van der Waals surface area contributed by atoms with Crippen molar-refractivity contribution in [2.45, 2.75) is 23.1 Å². The number of anilines is 1. The molecule has 0 saturated heterocycles. The van der Waals surface area contributed by atoms with Gasteiger partial charge in [-0.25, -0.2) is 8.78 Å². The first-order chi connectivity index (χ1) is 15.3. The van der Waals surface area contributed by atoms with Crippen LogP contribution in [0.15, 0.2) is 47.5 Å². The van der Waals surface area contributed by atoms with Gasteiger partial charge in [0.2, 0.25) is 0 Å². The zero-order chi connectivity index (χ0) is 24.6. The molecule has 0 bridgehead atoms. The third-order valence-corrected chi connectivity index (χ3v) is 5.52. The highest BCUT2D eigenvalue weighted by molar-refractivity contribution is 7.98. The van der Waals surface area contributed by atoms with Crippen LogP contribution in [0.3, 0.4) is 0 Å². The van der Waals surface area contributed by atoms with E-state index in [9.17, 15) is 39.9 Å². The van der Waals surface area contributed by atoms with Gasteiger partial charge in [0, 0.05) is 18.9 Å². The molecule has 1 N–H and O–H groups in total. The quantitative estimate of drug-likeness (QED) is 0.335. The molecule has 2 aromatic carbocycles. The van der Waals surface area contributed by atoms with Gasteiger partial charge in [0.05, 0.1) is 11.3 Å². The van der Waals surface area contributed by atoms with Crippen molar-refractivity contribution in [1.82, 2.24) is 9.78 Å². The van der Waals surface area contributed by atoms with E-state index in [4.69, 9.17) is 0 Å². The number of rotatable bonds is 5. The van der Waals surface area contributed by atoms with Crippen LogP contribution < -0.4 is 5.32 Å². The predicted octanol–water partition coefficient (Wildman–Crippen LogP) is 6.28. The van der Waals surface area contributed by atoms with Crippen LogP contribution in [0.2, 0.25) is 0 Å². The van der Waals surface area contributed by atoms with Crippen LogP contribution in [0, 0.1) is 11.6 Å². The Labute approximate surface area is 185 Å². The van der Waals surface area contributed by atoms with E-state index in [2.05, 4.69) is 5.10 Å². The minimum Gasteiger partial charge on any atom is -0.319 e. The van der Waals surface area contributed by atoms with Crippen molar-refractivity contribution in [3.8, 4) is 0 Å². The van der Waals surface area contributed by atoms with Crippen LogP contribution in [0.1, 0.15) is 27.2 Å². The molecular formula is C20H13F8N3OS. The molecule has 176 valence electrons. The highest BCUT2D eigenvalue weighted by Crippen LogP contribution is 2.38. The molecule has 1 heterocycles. The van der Waals surface area contributed by atoms with Crippen LogP contribution in [0.4, 0.5) is 40.8 Å². The minimum absolute atomic E-state index is 0.139. The number of alkyl halides is 6. The molecule has 3 aromatic rings. The van der Waals surface area contributed by atoms with Crippen molar-refractivity contribution in [2.24, 2.45) is 7.05 Å². The fraction of sp³-hybridized carbons (Fsp3) is 0.200. The van der Waals surface area contributed by atoms with Crippen molar-refractivity contribution < 1.29 is 39.9 Å². The third kappa shape index (κ3) is 5.64. The van der Waals surface area contributed by atoms with Gasteiger partial charge in [-0.3, -0.25) is 9.48 Å².